The highest BCUT2D eigenvalue weighted by molar-refractivity contribution is 8.14. The van der Waals surface area contributed by atoms with Crippen molar-refractivity contribution in [3.05, 3.63) is 29.8 Å². The van der Waals surface area contributed by atoms with Crippen molar-refractivity contribution in [3.63, 3.8) is 0 Å². The van der Waals surface area contributed by atoms with Gasteiger partial charge in [-0.15, -0.1) is 0 Å². The van der Waals surface area contributed by atoms with Crippen LogP contribution < -0.4 is 0 Å². The molecule has 0 unspecified atom stereocenters. The molecule has 0 radical (unpaired) electrons. The normalized spacial score (nSPS) is 20.3. The van der Waals surface area contributed by atoms with E-state index < -0.39 is 10.0 Å². The molecule has 3 rings (SSSR count). The Kier molecular flexibility index (Phi) is 4.99. The SMILES string of the molecule is CC(=O)c1ccc(S(=O)(=O)N2CCC(N3C(=O)CSC3=O)CC2)cc1. The van der Waals surface area contributed by atoms with E-state index in [1.54, 1.807) is 0 Å². The lowest BCUT2D eigenvalue weighted by Crippen LogP contribution is -2.48. The fourth-order valence-electron chi connectivity index (χ4n) is 3.07. The van der Waals surface area contributed by atoms with E-state index in [4.69, 9.17) is 0 Å². The van der Waals surface area contributed by atoms with Crippen LogP contribution in [0, 0.1) is 0 Å². The van der Waals surface area contributed by atoms with Crippen LogP contribution >= 0.6 is 11.8 Å². The second-order valence-electron chi connectivity index (χ2n) is 6.03. The van der Waals surface area contributed by atoms with Crippen LogP contribution in [0.4, 0.5) is 4.79 Å². The predicted octanol–water partition coefficient (Wildman–Crippen LogP) is 1.74. The Morgan fingerprint density at radius 2 is 1.72 bits per heavy atom. The number of amides is 2. The number of Topliss-reactive ketones (excluding diaryl/α,β-unsaturated/α-hetero) is 1. The van der Waals surface area contributed by atoms with E-state index in [0.29, 0.717) is 18.4 Å². The minimum atomic E-state index is -3.65. The Morgan fingerprint density at radius 1 is 1.12 bits per heavy atom. The van der Waals surface area contributed by atoms with Crippen LogP contribution in [0.2, 0.25) is 0 Å². The molecule has 1 aromatic carbocycles. The lowest BCUT2D eigenvalue weighted by Gasteiger charge is -2.34. The van der Waals surface area contributed by atoms with Gasteiger partial charge in [-0.3, -0.25) is 19.3 Å². The minimum Gasteiger partial charge on any atom is -0.295 e. The van der Waals surface area contributed by atoms with Crippen molar-refractivity contribution in [1.29, 1.82) is 0 Å². The van der Waals surface area contributed by atoms with Crippen LogP contribution in [0.3, 0.4) is 0 Å². The van der Waals surface area contributed by atoms with Gasteiger partial charge in [-0.25, -0.2) is 8.42 Å². The van der Waals surface area contributed by atoms with Crippen molar-refractivity contribution in [2.24, 2.45) is 0 Å². The first-order chi connectivity index (χ1) is 11.8. The monoisotopic (exact) mass is 382 g/mol. The molecule has 25 heavy (non-hydrogen) atoms. The Hall–Kier alpha value is -1.71. The number of sulfonamides is 1. The molecule has 2 aliphatic rings. The van der Waals surface area contributed by atoms with E-state index in [0.717, 1.165) is 11.8 Å². The summed E-state index contributed by atoms with van der Waals surface area (Å²) in [6.07, 6.45) is 0.867. The summed E-state index contributed by atoms with van der Waals surface area (Å²) in [5.41, 5.74) is 0.459. The average Bonchev–Trinajstić information content (AvgIpc) is 2.93. The van der Waals surface area contributed by atoms with Gasteiger partial charge in [-0.05, 0) is 31.9 Å². The smallest absolute Gasteiger partial charge is 0.289 e. The molecule has 2 saturated heterocycles. The molecule has 0 aromatic heterocycles. The van der Waals surface area contributed by atoms with Crippen molar-refractivity contribution in [2.45, 2.75) is 30.7 Å². The third-order valence-electron chi connectivity index (χ3n) is 4.47. The molecule has 2 amide bonds. The topological polar surface area (TPSA) is 91.8 Å². The fraction of sp³-hybridized carbons (Fsp3) is 0.438. The number of carbonyl (C=O) groups is 3. The Morgan fingerprint density at radius 3 is 2.20 bits per heavy atom. The van der Waals surface area contributed by atoms with E-state index in [2.05, 4.69) is 0 Å². The predicted molar refractivity (Wildman–Crippen MR) is 92.9 cm³/mol. The summed E-state index contributed by atoms with van der Waals surface area (Å²) in [6, 6.07) is 5.63. The van der Waals surface area contributed by atoms with E-state index in [1.165, 1.54) is 40.4 Å². The van der Waals surface area contributed by atoms with Crippen LogP contribution in [0.5, 0.6) is 0 Å². The molecule has 0 saturated carbocycles. The molecule has 1 aromatic rings. The van der Waals surface area contributed by atoms with Crippen LogP contribution in [0.1, 0.15) is 30.1 Å². The van der Waals surface area contributed by atoms with Gasteiger partial charge in [-0.1, -0.05) is 23.9 Å². The van der Waals surface area contributed by atoms with Gasteiger partial charge in [0.05, 0.1) is 10.6 Å². The fourth-order valence-corrected chi connectivity index (χ4v) is 5.31. The maximum atomic E-state index is 12.7. The third-order valence-corrected chi connectivity index (χ3v) is 7.22. The van der Waals surface area contributed by atoms with E-state index in [9.17, 15) is 22.8 Å². The Bertz CT molecular complexity index is 795. The largest absolute Gasteiger partial charge is 0.295 e. The van der Waals surface area contributed by atoms with E-state index >= 15 is 0 Å². The lowest BCUT2D eigenvalue weighted by molar-refractivity contribution is -0.126. The molecule has 0 N–H and O–H groups in total. The minimum absolute atomic E-state index is 0.123. The zero-order valence-corrected chi connectivity index (χ0v) is 15.3. The van der Waals surface area contributed by atoms with Gasteiger partial charge >= 0.3 is 0 Å². The number of nitrogens with zero attached hydrogens (tertiary/aromatic N) is 2. The van der Waals surface area contributed by atoms with Gasteiger partial charge in [-0.2, -0.15) is 4.31 Å². The molecule has 2 aliphatic heterocycles. The number of rotatable bonds is 4. The van der Waals surface area contributed by atoms with Gasteiger partial charge in [0.25, 0.3) is 5.24 Å². The number of thioether (sulfide) groups is 1. The molecular formula is C16H18N2O5S2. The summed E-state index contributed by atoms with van der Waals surface area (Å²) < 4.78 is 26.8. The van der Waals surface area contributed by atoms with Gasteiger partial charge in [0.1, 0.15) is 0 Å². The number of hydrogen-bond acceptors (Lipinski definition) is 6. The lowest BCUT2D eigenvalue weighted by atomic mass is 10.1. The number of carbonyl (C=O) groups excluding carboxylic acids is 3. The number of hydrogen-bond donors (Lipinski definition) is 0. The van der Waals surface area contributed by atoms with Crippen molar-refractivity contribution in [3.8, 4) is 0 Å². The number of imide groups is 1. The second-order valence-corrected chi connectivity index (χ2v) is 8.90. The molecule has 9 heteroatoms. The number of ketones is 1. The number of piperidine rings is 1. The maximum Gasteiger partial charge on any atom is 0.289 e. The first-order valence-corrected chi connectivity index (χ1v) is 10.3. The standard InChI is InChI=1S/C16H18N2O5S2/c1-11(19)12-2-4-14(5-3-12)25(22,23)17-8-6-13(7-9-17)18-15(20)10-24-16(18)21/h2-5,13H,6-10H2,1H3. The summed E-state index contributed by atoms with van der Waals surface area (Å²) in [5, 5.41) is -0.244. The number of benzene rings is 1. The van der Waals surface area contributed by atoms with Gasteiger partial charge in [0.2, 0.25) is 15.9 Å². The molecule has 0 spiro atoms. The molecule has 7 nitrogen and oxygen atoms in total. The summed E-state index contributed by atoms with van der Waals surface area (Å²) in [6.45, 7) is 1.93. The highest BCUT2D eigenvalue weighted by Gasteiger charge is 2.39. The molecule has 0 aliphatic carbocycles. The molecule has 0 atom stereocenters. The maximum absolute atomic E-state index is 12.7. The molecule has 0 bridgehead atoms. The zero-order chi connectivity index (χ0) is 18.2. The van der Waals surface area contributed by atoms with Crippen molar-refractivity contribution in [2.75, 3.05) is 18.8 Å². The van der Waals surface area contributed by atoms with Gasteiger partial charge in [0, 0.05) is 24.7 Å². The Balaban J connectivity index is 1.70. The average molecular weight is 382 g/mol. The van der Waals surface area contributed by atoms with E-state index in [-0.39, 0.29) is 46.7 Å². The highest BCUT2D eigenvalue weighted by atomic mass is 32.2. The second kappa shape index (κ2) is 6.89. The van der Waals surface area contributed by atoms with Crippen LogP contribution in [-0.4, -0.2) is 59.4 Å². The van der Waals surface area contributed by atoms with Gasteiger partial charge in [0.15, 0.2) is 5.78 Å². The van der Waals surface area contributed by atoms with Crippen LogP contribution in [0.25, 0.3) is 0 Å². The summed E-state index contributed by atoms with van der Waals surface area (Å²) in [5.74, 6) is -0.154. The van der Waals surface area contributed by atoms with Crippen molar-refractivity contribution >= 4 is 38.7 Å². The first kappa shape index (κ1) is 18.1. The van der Waals surface area contributed by atoms with Crippen LogP contribution in [0.15, 0.2) is 29.2 Å². The van der Waals surface area contributed by atoms with Crippen LogP contribution in [-0.2, 0) is 14.8 Å². The van der Waals surface area contributed by atoms with Crippen molar-refractivity contribution < 1.29 is 22.8 Å². The molecular weight excluding hydrogens is 364 g/mol. The molecule has 134 valence electrons. The van der Waals surface area contributed by atoms with Crippen molar-refractivity contribution in [1.82, 2.24) is 9.21 Å². The summed E-state index contributed by atoms with van der Waals surface area (Å²) in [4.78, 5) is 36.3. The zero-order valence-electron chi connectivity index (χ0n) is 13.7. The highest BCUT2D eigenvalue weighted by Crippen LogP contribution is 2.28. The Labute approximate surface area is 150 Å². The quantitative estimate of drug-likeness (QED) is 0.737. The molecule has 2 heterocycles. The third kappa shape index (κ3) is 3.49. The first-order valence-electron chi connectivity index (χ1n) is 7.90. The summed E-state index contributed by atoms with van der Waals surface area (Å²) >= 11 is 0.992. The summed E-state index contributed by atoms with van der Waals surface area (Å²) in [7, 11) is -3.65. The van der Waals surface area contributed by atoms with E-state index in [1.807, 2.05) is 0 Å². The molecule has 2 fully saturated rings. The van der Waals surface area contributed by atoms with Gasteiger partial charge < -0.3 is 0 Å².